The number of hydrogen-bond donors (Lipinski definition) is 0. The minimum Gasteiger partial charge on any atom is -0.493 e. The van der Waals surface area contributed by atoms with E-state index < -0.39 is 0 Å². The number of nitrogens with zero attached hydrogens (tertiary/aromatic N) is 1. The minimum absolute atomic E-state index is 0.0333. The van der Waals surface area contributed by atoms with Gasteiger partial charge in [-0.1, -0.05) is 23.7 Å². The smallest absolute Gasteiger partial charge is 0.254 e. The first-order valence-corrected chi connectivity index (χ1v) is 8.13. The van der Waals surface area contributed by atoms with Crippen LogP contribution in [0, 0.1) is 0 Å². The number of benzene rings is 2. The second-order valence-electron chi connectivity index (χ2n) is 5.82. The molecular formula is C19H22ClNO3. The van der Waals surface area contributed by atoms with Gasteiger partial charge in [-0.2, -0.15) is 0 Å². The number of rotatable bonds is 6. The molecule has 2 aromatic carbocycles. The summed E-state index contributed by atoms with van der Waals surface area (Å²) in [7, 11) is 3.32. The van der Waals surface area contributed by atoms with E-state index in [1.54, 1.807) is 37.3 Å². The lowest BCUT2D eigenvalue weighted by atomic mass is 10.1. The van der Waals surface area contributed by atoms with Gasteiger partial charge in [-0.25, -0.2) is 0 Å². The molecule has 1 amide bonds. The number of carbonyl (C=O) groups is 1. The predicted molar refractivity (Wildman–Crippen MR) is 96.0 cm³/mol. The quantitative estimate of drug-likeness (QED) is 0.777. The van der Waals surface area contributed by atoms with Crippen LogP contribution >= 0.6 is 11.6 Å². The topological polar surface area (TPSA) is 38.8 Å². The van der Waals surface area contributed by atoms with E-state index in [2.05, 4.69) is 0 Å². The van der Waals surface area contributed by atoms with Crippen molar-refractivity contribution in [3.8, 4) is 11.5 Å². The van der Waals surface area contributed by atoms with Crippen LogP contribution in [0.3, 0.4) is 0 Å². The number of halogens is 1. The van der Waals surface area contributed by atoms with Crippen LogP contribution in [-0.2, 0) is 6.54 Å². The van der Waals surface area contributed by atoms with Crippen LogP contribution in [0.5, 0.6) is 11.5 Å². The Kier molecular flexibility index (Phi) is 6.10. The van der Waals surface area contributed by atoms with Gasteiger partial charge in [0, 0.05) is 24.2 Å². The number of ether oxygens (including phenoxy) is 2. The molecule has 0 spiro atoms. The fourth-order valence-electron chi connectivity index (χ4n) is 2.35. The highest BCUT2D eigenvalue weighted by Gasteiger charge is 2.16. The Balaban J connectivity index is 2.16. The van der Waals surface area contributed by atoms with Gasteiger partial charge in [-0.15, -0.1) is 0 Å². The van der Waals surface area contributed by atoms with Gasteiger partial charge in [-0.3, -0.25) is 4.79 Å². The fraction of sp³-hybridized carbons (Fsp3) is 0.316. The van der Waals surface area contributed by atoms with Crippen molar-refractivity contribution in [1.29, 1.82) is 0 Å². The summed E-state index contributed by atoms with van der Waals surface area (Å²) in [5.74, 6) is 1.08. The van der Waals surface area contributed by atoms with Gasteiger partial charge in [0.15, 0.2) is 11.5 Å². The normalized spacial score (nSPS) is 10.6. The standard InChI is InChI=1S/C19H22ClNO3/c1-13(2)24-17-9-8-15(11-18(17)23-4)19(22)21(3)12-14-6-5-7-16(20)10-14/h5-11,13H,12H2,1-4H3. The number of hydrogen-bond acceptors (Lipinski definition) is 3. The molecule has 0 unspecified atom stereocenters. The van der Waals surface area contributed by atoms with Crippen LogP contribution < -0.4 is 9.47 Å². The van der Waals surface area contributed by atoms with Crippen molar-refractivity contribution in [2.24, 2.45) is 0 Å². The fourth-order valence-corrected chi connectivity index (χ4v) is 2.57. The highest BCUT2D eigenvalue weighted by molar-refractivity contribution is 6.30. The molecule has 0 aromatic heterocycles. The molecule has 0 bridgehead atoms. The Morgan fingerprint density at radius 2 is 1.92 bits per heavy atom. The number of methoxy groups -OCH3 is 1. The van der Waals surface area contributed by atoms with Crippen LogP contribution in [0.2, 0.25) is 5.02 Å². The molecule has 0 aliphatic heterocycles. The van der Waals surface area contributed by atoms with Crippen LogP contribution in [0.15, 0.2) is 42.5 Å². The summed E-state index contributed by atoms with van der Waals surface area (Å²) in [6.07, 6.45) is 0.0333. The maximum atomic E-state index is 12.6. The molecule has 0 saturated carbocycles. The van der Waals surface area contributed by atoms with Crippen LogP contribution in [-0.4, -0.2) is 31.1 Å². The molecule has 5 heteroatoms. The summed E-state index contributed by atoms with van der Waals surface area (Å²) in [4.78, 5) is 14.3. The highest BCUT2D eigenvalue weighted by Crippen LogP contribution is 2.29. The van der Waals surface area contributed by atoms with Gasteiger partial charge in [-0.05, 0) is 49.7 Å². The zero-order valence-electron chi connectivity index (χ0n) is 14.4. The second-order valence-corrected chi connectivity index (χ2v) is 6.26. The first kappa shape index (κ1) is 18.1. The maximum absolute atomic E-state index is 12.6. The van der Waals surface area contributed by atoms with Gasteiger partial charge in [0.1, 0.15) is 0 Å². The van der Waals surface area contributed by atoms with Gasteiger partial charge in [0.25, 0.3) is 5.91 Å². The predicted octanol–water partition coefficient (Wildman–Crippen LogP) is 4.41. The van der Waals surface area contributed by atoms with Crippen molar-refractivity contribution < 1.29 is 14.3 Å². The summed E-state index contributed by atoms with van der Waals surface area (Å²) >= 11 is 5.99. The molecule has 0 fully saturated rings. The molecular weight excluding hydrogens is 326 g/mol. The monoisotopic (exact) mass is 347 g/mol. The van der Waals surface area contributed by atoms with Gasteiger partial charge in [0.2, 0.25) is 0 Å². The Morgan fingerprint density at radius 3 is 2.54 bits per heavy atom. The summed E-state index contributed by atoms with van der Waals surface area (Å²) in [6, 6.07) is 12.7. The zero-order valence-corrected chi connectivity index (χ0v) is 15.1. The first-order chi connectivity index (χ1) is 11.4. The summed E-state index contributed by atoms with van der Waals surface area (Å²) < 4.78 is 11.0. The molecule has 24 heavy (non-hydrogen) atoms. The summed E-state index contributed by atoms with van der Waals surface area (Å²) in [6.45, 7) is 4.36. The first-order valence-electron chi connectivity index (χ1n) is 7.75. The van der Waals surface area contributed by atoms with Gasteiger partial charge < -0.3 is 14.4 Å². The van der Waals surface area contributed by atoms with Crippen LogP contribution in [0.1, 0.15) is 29.8 Å². The molecule has 0 aliphatic carbocycles. The van der Waals surface area contributed by atoms with Crippen molar-refractivity contribution in [3.63, 3.8) is 0 Å². The molecule has 0 radical (unpaired) electrons. The minimum atomic E-state index is -0.0932. The van der Waals surface area contributed by atoms with Crippen molar-refractivity contribution in [2.45, 2.75) is 26.5 Å². The third-order valence-electron chi connectivity index (χ3n) is 3.43. The number of carbonyl (C=O) groups excluding carboxylic acids is 1. The zero-order chi connectivity index (χ0) is 17.7. The van der Waals surface area contributed by atoms with Crippen molar-refractivity contribution in [1.82, 2.24) is 4.90 Å². The Labute approximate surface area is 147 Å². The van der Waals surface area contributed by atoms with E-state index in [0.29, 0.717) is 28.6 Å². The molecule has 2 aromatic rings. The lowest BCUT2D eigenvalue weighted by molar-refractivity contribution is 0.0784. The van der Waals surface area contributed by atoms with E-state index in [0.717, 1.165) is 5.56 Å². The Morgan fingerprint density at radius 1 is 1.17 bits per heavy atom. The molecule has 128 valence electrons. The van der Waals surface area contributed by atoms with E-state index in [1.165, 1.54) is 0 Å². The largest absolute Gasteiger partial charge is 0.493 e. The molecule has 0 aliphatic rings. The van der Waals surface area contributed by atoms with Crippen LogP contribution in [0.4, 0.5) is 0 Å². The third-order valence-corrected chi connectivity index (χ3v) is 3.66. The number of amides is 1. The molecule has 0 N–H and O–H groups in total. The average Bonchev–Trinajstić information content (AvgIpc) is 2.54. The summed E-state index contributed by atoms with van der Waals surface area (Å²) in [5.41, 5.74) is 1.53. The Hall–Kier alpha value is -2.20. The maximum Gasteiger partial charge on any atom is 0.254 e. The SMILES string of the molecule is COc1cc(C(=O)N(C)Cc2cccc(Cl)c2)ccc1OC(C)C. The summed E-state index contributed by atoms with van der Waals surface area (Å²) in [5, 5.41) is 0.658. The van der Waals surface area contributed by atoms with E-state index >= 15 is 0 Å². The molecule has 4 nitrogen and oxygen atoms in total. The van der Waals surface area contributed by atoms with Crippen LogP contribution in [0.25, 0.3) is 0 Å². The van der Waals surface area contributed by atoms with E-state index in [4.69, 9.17) is 21.1 Å². The van der Waals surface area contributed by atoms with E-state index in [-0.39, 0.29) is 12.0 Å². The van der Waals surface area contributed by atoms with Crippen molar-refractivity contribution in [3.05, 3.63) is 58.6 Å². The Bertz CT molecular complexity index is 716. The molecule has 0 heterocycles. The second kappa shape index (κ2) is 8.06. The van der Waals surface area contributed by atoms with E-state index in [9.17, 15) is 4.79 Å². The molecule has 0 atom stereocenters. The van der Waals surface area contributed by atoms with Crippen molar-refractivity contribution in [2.75, 3.05) is 14.2 Å². The average molecular weight is 348 g/mol. The van der Waals surface area contributed by atoms with Gasteiger partial charge in [0.05, 0.1) is 13.2 Å². The molecule has 2 rings (SSSR count). The lowest BCUT2D eigenvalue weighted by Crippen LogP contribution is -2.26. The van der Waals surface area contributed by atoms with E-state index in [1.807, 2.05) is 38.1 Å². The third kappa shape index (κ3) is 4.65. The van der Waals surface area contributed by atoms with Gasteiger partial charge >= 0.3 is 0 Å². The highest BCUT2D eigenvalue weighted by atomic mass is 35.5. The molecule has 0 saturated heterocycles. The lowest BCUT2D eigenvalue weighted by Gasteiger charge is -2.19. The van der Waals surface area contributed by atoms with Crippen molar-refractivity contribution >= 4 is 17.5 Å².